The van der Waals surface area contributed by atoms with Gasteiger partial charge < -0.3 is 9.64 Å². The summed E-state index contributed by atoms with van der Waals surface area (Å²) in [5.41, 5.74) is 1.12. The van der Waals surface area contributed by atoms with Gasteiger partial charge in [-0.15, -0.1) is 0 Å². The zero-order valence-corrected chi connectivity index (χ0v) is 18.2. The first-order chi connectivity index (χ1) is 14.5. The van der Waals surface area contributed by atoms with E-state index in [2.05, 4.69) is 4.98 Å². The van der Waals surface area contributed by atoms with Crippen molar-refractivity contribution in [2.75, 3.05) is 6.26 Å². The Labute approximate surface area is 180 Å². The van der Waals surface area contributed by atoms with Crippen molar-refractivity contribution < 1.29 is 26.7 Å². The Morgan fingerprint density at radius 3 is 2.48 bits per heavy atom. The van der Waals surface area contributed by atoms with Gasteiger partial charge in [-0.05, 0) is 61.1 Å². The third-order valence-electron chi connectivity index (χ3n) is 5.75. The van der Waals surface area contributed by atoms with Gasteiger partial charge >= 0.3 is 0 Å². The van der Waals surface area contributed by atoms with Crippen molar-refractivity contribution in [1.29, 1.82) is 0 Å². The van der Waals surface area contributed by atoms with Crippen LogP contribution in [0.1, 0.15) is 59.8 Å². The van der Waals surface area contributed by atoms with Gasteiger partial charge in [-0.3, -0.25) is 9.78 Å². The Bertz CT molecular complexity index is 1120. The molecule has 0 atom stereocenters. The van der Waals surface area contributed by atoms with Crippen LogP contribution in [0.25, 0.3) is 0 Å². The molecule has 0 radical (unpaired) electrons. The zero-order valence-electron chi connectivity index (χ0n) is 17.4. The molecule has 166 valence electrons. The lowest BCUT2D eigenvalue weighted by Crippen LogP contribution is -2.27. The molecule has 0 N–H and O–H groups in total. The van der Waals surface area contributed by atoms with Crippen molar-refractivity contribution in [3.8, 4) is 5.75 Å². The molecule has 9 heteroatoms. The summed E-state index contributed by atoms with van der Waals surface area (Å²) in [6.07, 6.45) is 6.32. The van der Waals surface area contributed by atoms with Crippen molar-refractivity contribution >= 4 is 15.7 Å². The maximum Gasteiger partial charge on any atom is 0.286 e. The van der Waals surface area contributed by atoms with Gasteiger partial charge in [-0.1, -0.05) is 0 Å². The molecule has 31 heavy (non-hydrogen) atoms. The Morgan fingerprint density at radius 1 is 1.16 bits per heavy atom. The highest BCUT2D eigenvalue weighted by Crippen LogP contribution is 2.33. The molecule has 2 aliphatic rings. The molecule has 1 aliphatic carbocycles. The van der Waals surface area contributed by atoms with Crippen LogP contribution in [0.4, 0.5) is 8.78 Å². The number of aromatic nitrogens is 1. The number of amides is 1. The molecular formula is C22H24F2N2O4S. The van der Waals surface area contributed by atoms with Crippen molar-refractivity contribution in [3.63, 3.8) is 0 Å². The predicted molar refractivity (Wildman–Crippen MR) is 110 cm³/mol. The largest absolute Gasteiger partial charge is 0.490 e. The minimum Gasteiger partial charge on any atom is -0.490 e. The number of benzene rings is 1. The van der Waals surface area contributed by atoms with Gasteiger partial charge in [0.15, 0.2) is 9.84 Å². The number of sulfone groups is 1. The minimum atomic E-state index is -3.52. The second-order valence-corrected chi connectivity index (χ2v) is 10.4. The van der Waals surface area contributed by atoms with Crippen LogP contribution in [0, 0.1) is 0 Å². The molecule has 1 aliphatic heterocycles. The van der Waals surface area contributed by atoms with Crippen LogP contribution in [0.5, 0.6) is 5.75 Å². The lowest BCUT2D eigenvalue weighted by Gasteiger charge is -2.21. The highest BCUT2D eigenvalue weighted by molar-refractivity contribution is 7.90. The van der Waals surface area contributed by atoms with E-state index < -0.39 is 21.7 Å². The number of hydrogen-bond donors (Lipinski definition) is 0. The van der Waals surface area contributed by atoms with E-state index in [4.69, 9.17) is 4.74 Å². The van der Waals surface area contributed by atoms with Gasteiger partial charge in [-0.2, -0.15) is 8.78 Å². The molecule has 4 rings (SSSR count). The van der Waals surface area contributed by atoms with E-state index in [0.717, 1.165) is 38.9 Å². The number of alkyl halides is 2. The van der Waals surface area contributed by atoms with Crippen LogP contribution < -0.4 is 4.74 Å². The number of nitrogens with zero attached hydrogens (tertiary/aromatic N) is 2. The van der Waals surface area contributed by atoms with Crippen molar-refractivity contribution in [2.45, 2.75) is 62.6 Å². The summed E-state index contributed by atoms with van der Waals surface area (Å²) in [6.45, 7) is 1.14. The Hall–Kier alpha value is -2.55. The summed E-state index contributed by atoms with van der Waals surface area (Å²) in [7, 11) is -3.52. The topological polar surface area (TPSA) is 76.6 Å². The lowest BCUT2D eigenvalue weighted by atomic mass is 10.1. The summed E-state index contributed by atoms with van der Waals surface area (Å²) in [6, 6.07) is 5.64. The first-order valence-corrected chi connectivity index (χ1v) is 12.1. The standard InChI is InChI=1S/C22H24F2N2O4S/c1-22(23,24)20-9-14-12-26(13-15(14)11-25-20)21(27)18-10-17(31(2,28)29)7-8-19(18)30-16-5-3-4-6-16/h7-11,16H,3-6,12-13H2,1-2H3. The second kappa shape index (κ2) is 7.85. The Balaban J connectivity index is 1.64. The quantitative estimate of drug-likeness (QED) is 0.686. The van der Waals surface area contributed by atoms with Crippen LogP contribution in [0.15, 0.2) is 35.4 Å². The average molecular weight is 451 g/mol. The van der Waals surface area contributed by atoms with Gasteiger partial charge in [0.2, 0.25) is 0 Å². The van der Waals surface area contributed by atoms with Crippen LogP contribution in [-0.4, -0.2) is 36.6 Å². The SMILES string of the molecule is CC(F)(F)c1cc2c(cn1)CN(C(=O)c1cc(S(C)(=O)=O)ccc1OC1CCCC1)C2. The molecule has 1 amide bonds. The highest BCUT2D eigenvalue weighted by atomic mass is 32.2. The third-order valence-corrected chi connectivity index (χ3v) is 6.86. The first-order valence-electron chi connectivity index (χ1n) is 10.2. The Morgan fingerprint density at radius 2 is 1.84 bits per heavy atom. The third kappa shape index (κ3) is 4.56. The molecule has 0 spiro atoms. The fourth-order valence-corrected chi connectivity index (χ4v) is 4.68. The van der Waals surface area contributed by atoms with Gasteiger partial charge in [-0.25, -0.2) is 8.42 Å². The smallest absolute Gasteiger partial charge is 0.286 e. The van der Waals surface area contributed by atoms with Gasteiger partial charge in [0.1, 0.15) is 11.4 Å². The van der Waals surface area contributed by atoms with E-state index in [1.165, 1.54) is 35.4 Å². The summed E-state index contributed by atoms with van der Waals surface area (Å²) < 4.78 is 57.4. The average Bonchev–Trinajstić information content (AvgIpc) is 3.35. The van der Waals surface area contributed by atoms with Crippen molar-refractivity contribution in [2.24, 2.45) is 0 Å². The van der Waals surface area contributed by atoms with Crippen molar-refractivity contribution in [3.05, 3.63) is 52.8 Å². The maximum absolute atomic E-state index is 13.6. The van der Waals surface area contributed by atoms with Gasteiger partial charge in [0.25, 0.3) is 11.8 Å². The minimum absolute atomic E-state index is 0.00930. The number of pyridine rings is 1. The molecule has 1 saturated carbocycles. The normalized spacial score (nSPS) is 17.1. The molecular weight excluding hydrogens is 426 g/mol. The van der Waals surface area contributed by atoms with E-state index in [1.807, 2.05) is 0 Å². The summed E-state index contributed by atoms with van der Waals surface area (Å²) in [4.78, 5) is 18.7. The summed E-state index contributed by atoms with van der Waals surface area (Å²) in [5.74, 6) is -3.13. The van der Waals surface area contributed by atoms with E-state index in [1.54, 1.807) is 0 Å². The molecule has 1 aromatic heterocycles. The number of halogens is 2. The summed E-state index contributed by atoms with van der Waals surface area (Å²) >= 11 is 0. The van der Waals surface area contributed by atoms with Crippen LogP contribution in [-0.2, 0) is 28.8 Å². The zero-order chi connectivity index (χ0) is 22.4. The first kappa shape index (κ1) is 21.7. The van der Waals surface area contributed by atoms with E-state index in [9.17, 15) is 22.0 Å². The molecule has 2 heterocycles. The maximum atomic E-state index is 13.6. The Kier molecular flexibility index (Phi) is 5.49. The van der Waals surface area contributed by atoms with Gasteiger partial charge in [0, 0.05) is 32.5 Å². The number of carbonyl (C=O) groups excluding carboxylic acids is 1. The van der Waals surface area contributed by atoms with Crippen LogP contribution in [0.3, 0.4) is 0 Å². The van der Waals surface area contributed by atoms with Gasteiger partial charge in [0.05, 0.1) is 16.6 Å². The van der Waals surface area contributed by atoms with Crippen LogP contribution >= 0.6 is 0 Å². The highest BCUT2D eigenvalue weighted by Gasteiger charge is 2.32. The number of fused-ring (bicyclic) bond motifs is 1. The van der Waals surface area contributed by atoms with Crippen molar-refractivity contribution in [1.82, 2.24) is 9.88 Å². The summed E-state index contributed by atoms with van der Waals surface area (Å²) in [5, 5.41) is 0. The lowest BCUT2D eigenvalue weighted by molar-refractivity contribution is 0.0127. The second-order valence-electron chi connectivity index (χ2n) is 8.34. The molecule has 1 fully saturated rings. The fraction of sp³-hybridized carbons (Fsp3) is 0.455. The van der Waals surface area contributed by atoms with Crippen LogP contribution in [0.2, 0.25) is 0 Å². The number of carbonyl (C=O) groups is 1. The fourth-order valence-electron chi connectivity index (χ4n) is 4.03. The van der Waals surface area contributed by atoms with E-state index in [-0.39, 0.29) is 35.3 Å². The monoisotopic (exact) mass is 450 g/mol. The number of hydrogen-bond acceptors (Lipinski definition) is 5. The molecule has 0 bridgehead atoms. The van der Waals surface area contributed by atoms with E-state index >= 15 is 0 Å². The number of rotatable bonds is 5. The predicted octanol–water partition coefficient (Wildman–Crippen LogP) is 4.07. The molecule has 2 aromatic rings. The number of ether oxygens (including phenoxy) is 1. The molecule has 6 nitrogen and oxygen atoms in total. The molecule has 0 saturated heterocycles. The van der Waals surface area contributed by atoms with E-state index in [0.29, 0.717) is 16.9 Å². The molecule has 0 unspecified atom stereocenters. The molecule has 1 aromatic carbocycles.